The zero-order valence-corrected chi connectivity index (χ0v) is 16.0. The van der Waals surface area contributed by atoms with Crippen molar-refractivity contribution in [3.8, 4) is 0 Å². The number of ether oxygens (including phenoxy) is 1. The summed E-state index contributed by atoms with van der Waals surface area (Å²) < 4.78 is 5.60. The molecular weight excluding hydrogens is 352 g/mol. The van der Waals surface area contributed by atoms with Crippen LogP contribution in [-0.2, 0) is 14.3 Å². The maximum absolute atomic E-state index is 12.8. The van der Waals surface area contributed by atoms with E-state index >= 15 is 0 Å². The first kappa shape index (κ1) is 18.4. The fourth-order valence-corrected chi connectivity index (χ4v) is 3.85. The van der Waals surface area contributed by atoms with Crippen molar-refractivity contribution in [3.63, 3.8) is 0 Å². The van der Waals surface area contributed by atoms with Gasteiger partial charge in [-0.25, -0.2) is 4.99 Å². The number of amides is 1. The molecule has 1 N–H and O–H groups in total. The summed E-state index contributed by atoms with van der Waals surface area (Å²) in [6, 6.07) is 15.5. The van der Waals surface area contributed by atoms with Gasteiger partial charge in [0.1, 0.15) is 0 Å². The first-order valence-corrected chi connectivity index (χ1v) is 9.87. The van der Waals surface area contributed by atoms with E-state index in [4.69, 9.17) is 4.74 Å². The lowest BCUT2D eigenvalue weighted by Gasteiger charge is -2.21. The van der Waals surface area contributed by atoms with Crippen molar-refractivity contribution < 1.29 is 14.3 Å². The van der Waals surface area contributed by atoms with E-state index in [2.05, 4.69) is 10.3 Å². The Kier molecular flexibility index (Phi) is 5.24. The molecule has 1 aliphatic heterocycles. The Morgan fingerprint density at radius 2 is 1.82 bits per heavy atom. The van der Waals surface area contributed by atoms with Crippen molar-refractivity contribution in [1.29, 1.82) is 0 Å². The molecule has 5 nitrogen and oxygen atoms in total. The summed E-state index contributed by atoms with van der Waals surface area (Å²) >= 11 is 0. The quantitative estimate of drug-likeness (QED) is 0.815. The second kappa shape index (κ2) is 7.97. The number of benzene rings is 2. The highest BCUT2D eigenvalue weighted by Gasteiger charge is 2.31. The van der Waals surface area contributed by atoms with Crippen molar-refractivity contribution in [2.75, 3.05) is 5.32 Å². The highest BCUT2D eigenvalue weighted by Crippen LogP contribution is 2.28. The Morgan fingerprint density at radius 1 is 1.07 bits per heavy atom. The van der Waals surface area contributed by atoms with E-state index in [1.807, 2.05) is 55.5 Å². The van der Waals surface area contributed by atoms with Gasteiger partial charge in [0.2, 0.25) is 0 Å². The third kappa shape index (κ3) is 3.84. The number of carbonyl (C=O) groups excluding carboxylic acids is 2. The Labute approximate surface area is 164 Å². The number of aryl methyl sites for hydroxylation is 1. The van der Waals surface area contributed by atoms with Crippen LogP contribution in [0.2, 0.25) is 0 Å². The summed E-state index contributed by atoms with van der Waals surface area (Å²) in [5.74, 6) is -0.872. The molecule has 0 aromatic heterocycles. The first-order chi connectivity index (χ1) is 13.6. The summed E-state index contributed by atoms with van der Waals surface area (Å²) in [7, 11) is 0. The molecule has 1 fully saturated rings. The number of fused-ring (bicyclic) bond motifs is 1. The van der Waals surface area contributed by atoms with Crippen LogP contribution in [0, 0.1) is 12.8 Å². The van der Waals surface area contributed by atoms with E-state index in [9.17, 15) is 9.59 Å². The van der Waals surface area contributed by atoms with Crippen LogP contribution in [0.3, 0.4) is 0 Å². The smallest absolute Gasteiger partial charge is 0.311 e. The molecule has 0 radical (unpaired) electrons. The van der Waals surface area contributed by atoms with Gasteiger partial charge < -0.3 is 10.1 Å². The van der Waals surface area contributed by atoms with Gasteiger partial charge in [0, 0.05) is 11.1 Å². The maximum Gasteiger partial charge on any atom is 0.311 e. The molecule has 2 aromatic carbocycles. The number of aliphatic imine (C=N–C) groups is 1. The average molecular weight is 376 g/mol. The Bertz CT molecular complexity index is 915. The molecule has 0 unspecified atom stereocenters. The van der Waals surface area contributed by atoms with Crippen molar-refractivity contribution in [1.82, 2.24) is 0 Å². The average Bonchev–Trinajstić information content (AvgIpc) is 2.86. The molecule has 2 aromatic rings. The molecule has 0 spiro atoms. The molecule has 144 valence electrons. The number of esters is 1. The molecule has 28 heavy (non-hydrogen) atoms. The van der Waals surface area contributed by atoms with Crippen LogP contribution in [0.5, 0.6) is 0 Å². The normalized spacial score (nSPS) is 19.8. The molecule has 0 saturated heterocycles. The van der Waals surface area contributed by atoms with Crippen LogP contribution in [-0.4, -0.2) is 23.8 Å². The van der Waals surface area contributed by atoms with Gasteiger partial charge in [0.25, 0.3) is 12.1 Å². The minimum Gasteiger partial charge on any atom is -0.430 e. The van der Waals surface area contributed by atoms with Crippen LogP contribution in [0.4, 0.5) is 5.69 Å². The van der Waals surface area contributed by atoms with Crippen LogP contribution in [0.1, 0.15) is 48.8 Å². The van der Waals surface area contributed by atoms with Crippen LogP contribution in [0.25, 0.3) is 0 Å². The number of carbonyl (C=O) groups is 2. The first-order valence-electron chi connectivity index (χ1n) is 9.87. The highest BCUT2D eigenvalue weighted by molar-refractivity contribution is 6.19. The van der Waals surface area contributed by atoms with Crippen molar-refractivity contribution in [3.05, 3.63) is 65.2 Å². The van der Waals surface area contributed by atoms with Gasteiger partial charge in [0.05, 0.1) is 17.3 Å². The van der Waals surface area contributed by atoms with Gasteiger partial charge in [-0.3, -0.25) is 9.59 Å². The Hall–Kier alpha value is -2.95. The standard InChI is InChI=1S/C23H24N2O3/c1-15-12-13-19-18(14-15)20(16-8-4-2-5-9-16)25-22(21(26)24-19)28-23(27)17-10-6-3-7-11-17/h2,4-5,8-9,12-14,17,22H,3,6-7,10-11H2,1H3,(H,24,26)/t22-/m1/s1. The lowest BCUT2D eigenvalue weighted by molar-refractivity contribution is -0.158. The van der Waals surface area contributed by atoms with Gasteiger partial charge in [-0.05, 0) is 31.9 Å². The molecule has 1 saturated carbocycles. The molecule has 5 heteroatoms. The number of nitrogens with one attached hydrogen (secondary N) is 1. The summed E-state index contributed by atoms with van der Waals surface area (Å²) in [6.45, 7) is 2.00. The van der Waals surface area contributed by atoms with Gasteiger partial charge in [-0.15, -0.1) is 0 Å². The third-order valence-electron chi connectivity index (χ3n) is 5.37. The number of benzodiazepines with no additional fused rings is 1. The Morgan fingerprint density at radius 3 is 2.57 bits per heavy atom. The monoisotopic (exact) mass is 376 g/mol. The minimum atomic E-state index is -1.18. The van der Waals surface area contributed by atoms with E-state index in [0.29, 0.717) is 11.4 Å². The maximum atomic E-state index is 12.8. The third-order valence-corrected chi connectivity index (χ3v) is 5.37. The minimum absolute atomic E-state index is 0.134. The summed E-state index contributed by atoms with van der Waals surface area (Å²) in [4.78, 5) is 30.0. The van der Waals surface area contributed by atoms with E-state index in [1.165, 1.54) is 0 Å². The number of rotatable bonds is 3. The van der Waals surface area contributed by atoms with E-state index in [0.717, 1.165) is 48.8 Å². The predicted molar refractivity (Wildman–Crippen MR) is 108 cm³/mol. The molecule has 1 aliphatic carbocycles. The second-order valence-corrected chi connectivity index (χ2v) is 7.51. The zero-order valence-electron chi connectivity index (χ0n) is 16.0. The van der Waals surface area contributed by atoms with E-state index in [1.54, 1.807) is 0 Å². The van der Waals surface area contributed by atoms with Gasteiger partial charge in [0.15, 0.2) is 0 Å². The van der Waals surface area contributed by atoms with Crippen LogP contribution >= 0.6 is 0 Å². The molecule has 1 amide bonds. The van der Waals surface area contributed by atoms with Gasteiger partial charge in [-0.1, -0.05) is 61.2 Å². The zero-order chi connectivity index (χ0) is 19.5. The number of hydrogen-bond donors (Lipinski definition) is 1. The highest BCUT2D eigenvalue weighted by atomic mass is 16.6. The second-order valence-electron chi connectivity index (χ2n) is 7.51. The number of hydrogen-bond acceptors (Lipinski definition) is 4. The largest absolute Gasteiger partial charge is 0.430 e. The predicted octanol–water partition coefficient (Wildman–Crippen LogP) is 4.23. The molecule has 0 bridgehead atoms. The van der Waals surface area contributed by atoms with Gasteiger partial charge in [-0.2, -0.15) is 0 Å². The fraction of sp³-hybridized carbons (Fsp3) is 0.348. The molecule has 2 aliphatic rings. The van der Waals surface area contributed by atoms with E-state index < -0.39 is 12.1 Å². The SMILES string of the molecule is Cc1ccc2c(c1)C(c1ccccc1)=N[C@H](OC(=O)C1CCCCC1)C(=O)N2. The summed E-state index contributed by atoms with van der Waals surface area (Å²) in [5.41, 5.74) is 4.10. The van der Waals surface area contributed by atoms with Crippen molar-refractivity contribution in [2.24, 2.45) is 10.9 Å². The number of nitrogens with zero attached hydrogens (tertiary/aromatic N) is 1. The van der Waals surface area contributed by atoms with Crippen LogP contribution in [0.15, 0.2) is 53.5 Å². The fourth-order valence-electron chi connectivity index (χ4n) is 3.85. The number of anilines is 1. The molecule has 1 atom stereocenters. The molecular formula is C23H24N2O3. The Balaban J connectivity index is 1.70. The molecule has 1 heterocycles. The van der Waals surface area contributed by atoms with Crippen molar-refractivity contribution in [2.45, 2.75) is 45.3 Å². The lowest BCUT2D eigenvalue weighted by atomic mass is 9.89. The topological polar surface area (TPSA) is 67.8 Å². The molecule has 4 rings (SSSR count). The van der Waals surface area contributed by atoms with Gasteiger partial charge >= 0.3 is 5.97 Å². The van der Waals surface area contributed by atoms with Crippen LogP contribution < -0.4 is 5.32 Å². The summed E-state index contributed by atoms with van der Waals surface area (Å²) in [5, 5.41) is 2.88. The lowest BCUT2D eigenvalue weighted by Crippen LogP contribution is -2.33. The summed E-state index contributed by atoms with van der Waals surface area (Å²) in [6.07, 6.45) is 3.67. The van der Waals surface area contributed by atoms with Crippen molar-refractivity contribution >= 4 is 23.3 Å². The van der Waals surface area contributed by atoms with E-state index in [-0.39, 0.29) is 11.9 Å².